The number of fused-ring (bicyclic) bond motifs is 1. The molecule has 0 spiro atoms. The molecule has 0 aliphatic carbocycles. The predicted octanol–water partition coefficient (Wildman–Crippen LogP) is 2.03. The highest BCUT2D eigenvalue weighted by molar-refractivity contribution is 6.00. The normalized spacial score (nSPS) is 11.2. The molecular formula is C13H14N4O. The lowest BCUT2D eigenvalue weighted by molar-refractivity contribution is 0.482. The maximum absolute atomic E-state index is 10.0. The van der Waals surface area contributed by atoms with E-state index in [0.29, 0.717) is 6.54 Å². The number of H-pyrrole nitrogens is 2. The first-order chi connectivity index (χ1) is 8.70. The first kappa shape index (κ1) is 10.9. The monoisotopic (exact) mass is 242 g/mol. The predicted molar refractivity (Wildman–Crippen MR) is 70.2 cm³/mol. The number of nitrogens with zero attached hydrogens (tertiary/aromatic N) is 1. The van der Waals surface area contributed by atoms with Crippen LogP contribution < -0.4 is 5.73 Å². The van der Waals surface area contributed by atoms with Gasteiger partial charge in [-0.15, -0.1) is 0 Å². The number of aromatic amines is 2. The first-order valence-corrected chi connectivity index (χ1v) is 5.75. The van der Waals surface area contributed by atoms with Crippen molar-refractivity contribution in [2.75, 3.05) is 0 Å². The van der Waals surface area contributed by atoms with E-state index in [9.17, 15) is 5.11 Å². The number of hydrogen-bond donors (Lipinski definition) is 4. The van der Waals surface area contributed by atoms with E-state index >= 15 is 0 Å². The first-order valence-electron chi connectivity index (χ1n) is 5.75. The van der Waals surface area contributed by atoms with Crippen LogP contribution in [0.1, 0.15) is 11.4 Å². The molecule has 3 rings (SSSR count). The fourth-order valence-electron chi connectivity index (χ4n) is 2.27. The molecule has 0 saturated heterocycles. The molecule has 0 saturated carbocycles. The van der Waals surface area contributed by atoms with Crippen molar-refractivity contribution in [3.8, 4) is 17.0 Å². The number of rotatable bonds is 2. The van der Waals surface area contributed by atoms with Gasteiger partial charge in [-0.1, -0.05) is 6.07 Å². The van der Waals surface area contributed by atoms with Crippen LogP contribution in [0.25, 0.3) is 22.2 Å². The number of benzene rings is 1. The van der Waals surface area contributed by atoms with E-state index in [1.54, 1.807) is 6.07 Å². The Kier molecular flexibility index (Phi) is 2.34. The van der Waals surface area contributed by atoms with Crippen LogP contribution in [-0.4, -0.2) is 20.3 Å². The summed E-state index contributed by atoms with van der Waals surface area (Å²) in [6.45, 7) is 2.38. The highest BCUT2D eigenvalue weighted by atomic mass is 16.3. The van der Waals surface area contributed by atoms with E-state index in [1.165, 1.54) is 0 Å². The maximum atomic E-state index is 10.0. The second kappa shape index (κ2) is 3.89. The number of phenols is 1. The second-order valence-corrected chi connectivity index (χ2v) is 4.31. The van der Waals surface area contributed by atoms with Crippen molar-refractivity contribution < 1.29 is 5.11 Å². The van der Waals surface area contributed by atoms with Crippen LogP contribution in [-0.2, 0) is 6.54 Å². The van der Waals surface area contributed by atoms with Gasteiger partial charge in [-0.05, 0) is 25.1 Å². The van der Waals surface area contributed by atoms with Crippen LogP contribution in [0.4, 0.5) is 0 Å². The molecule has 0 radical (unpaired) electrons. The van der Waals surface area contributed by atoms with Gasteiger partial charge in [0.05, 0.1) is 16.6 Å². The fraction of sp³-hybridized carbons (Fsp3) is 0.154. The Balaban J connectivity index is 2.30. The Labute approximate surface area is 104 Å². The molecule has 2 aromatic heterocycles. The Morgan fingerprint density at radius 2 is 2.22 bits per heavy atom. The van der Waals surface area contributed by atoms with Crippen molar-refractivity contribution >= 4 is 10.9 Å². The Hall–Kier alpha value is -2.27. The standard InChI is InChI=1S/C13H14N4O/c1-7-12(10-5-8(6-14)16-17-10)13-9(15-7)3-2-4-11(13)18/h2-5,15,18H,6,14H2,1H3,(H,16,17). The van der Waals surface area contributed by atoms with Crippen molar-refractivity contribution in [3.05, 3.63) is 35.7 Å². The van der Waals surface area contributed by atoms with Gasteiger partial charge < -0.3 is 15.8 Å². The molecule has 0 unspecified atom stereocenters. The summed E-state index contributed by atoms with van der Waals surface area (Å²) in [5.74, 6) is 0.254. The third-order valence-electron chi connectivity index (χ3n) is 3.10. The summed E-state index contributed by atoms with van der Waals surface area (Å²) in [6, 6.07) is 7.33. The maximum Gasteiger partial charge on any atom is 0.125 e. The van der Waals surface area contributed by atoms with E-state index in [1.807, 2.05) is 25.1 Å². The summed E-state index contributed by atoms with van der Waals surface area (Å²) in [5.41, 5.74) is 10.0. The van der Waals surface area contributed by atoms with Gasteiger partial charge in [-0.2, -0.15) is 5.10 Å². The molecule has 3 aromatic rings. The van der Waals surface area contributed by atoms with Gasteiger partial charge in [0.15, 0.2) is 0 Å². The molecule has 18 heavy (non-hydrogen) atoms. The van der Waals surface area contributed by atoms with Crippen LogP contribution in [0, 0.1) is 6.92 Å². The lowest BCUT2D eigenvalue weighted by atomic mass is 10.1. The van der Waals surface area contributed by atoms with Gasteiger partial charge in [-0.3, -0.25) is 5.10 Å². The second-order valence-electron chi connectivity index (χ2n) is 4.31. The molecule has 0 amide bonds. The zero-order chi connectivity index (χ0) is 12.7. The SMILES string of the molecule is Cc1[nH]c2cccc(O)c2c1-c1cc(CN)[nH]n1. The largest absolute Gasteiger partial charge is 0.507 e. The van der Waals surface area contributed by atoms with Crippen molar-refractivity contribution in [3.63, 3.8) is 0 Å². The van der Waals surface area contributed by atoms with E-state index < -0.39 is 0 Å². The zero-order valence-electron chi connectivity index (χ0n) is 9.99. The van der Waals surface area contributed by atoms with Gasteiger partial charge in [0.25, 0.3) is 0 Å². The van der Waals surface area contributed by atoms with E-state index in [4.69, 9.17) is 5.73 Å². The number of aromatic nitrogens is 3. The molecule has 92 valence electrons. The van der Waals surface area contributed by atoms with Gasteiger partial charge in [0, 0.05) is 23.5 Å². The highest BCUT2D eigenvalue weighted by Crippen LogP contribution is 2.36. The average molecular weight is 242 g/mol. The number of nitrogens with two attached hydrogens (primary N) is 1. The van der Waals surface area contributed by atoms with Crippen LogP contribution in [0.2, 0.25) is 0 Å². The van der Waals surface area contributed by atoms with Crippen LogP contribution >= 0.6 is 0 Å². The van der Waals surface area contributed by atoms with Gasteiger partial charge in [0.1, 0.15) is 5.75 Å². The summed E-state index contributed by atoms with van der Waals surface area (Å²) in [6.07, 6.45) is 0. The Morgan fingerprint density at radius 1 is 1.39 bits per heavy atom. The number of hydrogen-bond acceptors (Lipinski definition) is 3. The third-order valence-corrected chi connectivity index (χ3v) is 3.10. The van der Waals surface area contributed by atoms with Gasteiger partial charge in [0.2, 0.25) is 0 Å². The summed E-state index contributed by atoms with van der Waals surface area (Å²) in [4.78, 5) is 3.25. The molecule has 0 bridgehead atoms. The molecule has 0 aliphatic rings. The molecule has 5 nitrogen and oxygen atoms in total. The summed E-state index contributed by atoms with van der Waals surface area (Å²) >= 11 is 0. The average Bonchev–Trinajstić information content (AvgIpc) is 2.92. The molecule has 0 fully saturated rings. The minimum Gasteiger partial charge on any atom is -0.507 e. The van der Waals surface area contributed by atoms with E-state index in [-0.39, 0.29) is 5.75 Å². The van der Waals surface area contributed by atoms with Crippen LogP contribution in [0.15, 0.2) is 24.3 Å². The van der Waals surface area contributed by atoms with Crippen LogP contribution in [0.5, 0.6) is 5.75 Å². The minimum absolute atomic E-state index is 0.254. The van der Waals surface area contributed by atoms with Crippen LogP contribution in [0.3, 0.4) is 0 Å². The van der Waals surface area contributed by atoms with Crippen molar-refractivity contribution in [1.82, 2.24) is 15.2 Å². The number of aromatic hydroxyl groups is 1. The molecule has 1 aromatic carbocycles. The third kappa shape index (κ3) is 1.48. The molecule has 0 atom stereocenters. The van der Waals surface area contributed by atoms with Gasteiger partial charge >= 0.3 is 0 Å². The number of nitrogens with one attached hydrogen (secondary N) is 2. The van der Waals surface area contributed by atoms with Crippen molar-refractivity contribution in [2.45, 2.75) is 13.5 Å². The molecule has 5 N–H and O–H groups in total. The molecule has 0 aliphatic heterocycles. The molecule has 2 heterocycles. The lowest BCUT2D eigenvalue weighted by Gasteiger charge is -1.98. The number of aryl methyl sites for hydroxylation is 1. The summed E-state index contributed by atoms with van der Waals surface area (Å²) in [7, 11) is 0. The smallest absolute Gasteiger partial charge is 0.125 e. The fourth-order valence-corrected chi connectivity index (χ4v) is 2.27. The topological polar surface area (TPSA) is 90.7 Å². The zero-order valence-corrected chi connectivity index (χ0v) is 9.99. The van der Waals surface area contributed by atoms with Crippen molar-refractivity contribution in [2.24, 2.45) is 5.73 Å². The summed E-state index contributed by atoms with van der Waals surface area (Å²) < 4.78 is 0. The van der Waals surface area contributed by atoms with Crippen molar-refractivity contribution in [1.29, 1.82) is 0 Å². The Bertz CT molecular complexity index is 711. The summed E-state index contributed by atoms with van der Waals surface area (Å²) in [5, 5.41) is 17.9. The molecular weight excluding hydrogens is 228 g/mol. The Morgan fingerprint density at radius 3 is 2.94 bits per heavy atom. The highest BCUT2D eigenvalue weighted by Gasteiger charge is 2.15. The lowest BCUT2D eigenvalue weighted by Crippen LogP contribution is -1.95. The van der Waals surface area contributed by atoms with E-state index in [2.05, 4.69) is 15.2 Å². The van der Waals surface area contributed by atoms with E-state index in [0.717, 1.165) is 33.5 Å². The van der Waals surface area contributed by atoms with Gasteiger partial charge in [-0.25, -0.2) is 0 Å². The molecule has 5 heteroatoms. The quantitative estimate of drug-likeness (QED) is 0.554. The number of phenolic OH excluding ortho intramolecular Hbond substituents is 1. The minimum atomic E-state index is 0.254.